The normalized spacial score (nSPS) is 11.5. The molecule has 4 aromatic rings. The highest BCUT2D eigenvalue weighted by molar-refractivity contribution is 7.71. The molecule has 0 aliphatic rings. The minimum absolute atomic E-state index is 0.350. The molecule has 0 bridgehead atoms. The summed E-state index contributed by atoms with van der Waals surface area (Å²) in [6.45, 7) is 2.47. The van der Waals surface area contributed by atoms with Gasteiger partial charge in [-0.1, -0.05) is 41.9 Å². The van der Waals surface area contributed by atoms with E-state index in [0.717, 1.165) is 16.8 Å². The largest absolute Gasteiger partial charge is 0.461 e. The van der Waals surface area contributed by atoms with Crippen molar-refractivity contribution in [3.8, 4) is 11.6 Å². The minimum Gasteiger partial charge on any atom is -0.461 e. The van der Waals surface area contributed by atoms with E-state index >= 15 is 0 Å². The number of aromatic amines is 1. The zero-order valence-electron chi connectivity index (χ0n) is 14.3. The van der Waals surface area contributed by atoms with Gasteiger partial charge < -0.3 is 4.42 Å². The smallest absolute Gasteiger partial charge is 0.219 e. The van der Waals surface area contributed by atoms with Crippen LogP contribution in [-0.2, 0) is 6.54 Å². The average Bonchev–Trinajstić information content (AvgIpc) is 3.37. The molecule has 1 N–H and O–H groups in total. The molecule has 7 nitrogen and oxygen atoms in total. The number of hydrogen-bond donors (Lipinski definition) is 1. The Morgan fingerprint density at radius 1 is 1.26 bits per heavy atom. The number of aromatic nitrogens is 5. The molecule has 136 valence electrons. The molecule has 0 radical (unpaired) electrons. The van der Waals surface area contributed by atoms with Gasteiger partial charge in [0.1, 0.15) is 5.15 Å². The zero-order chi connectivity index (χ0) is 18.8. The summed E-state index contributed by atoms with van der Waals surface area (Å²) in [7, 11) is 0. The van der Waals surface area contributed by atoms with Gasteiger partial charge >= 0.3 is 0 Å². The van der Waals surface area contributed by atoms with E-state index in [1.165, 1.54) is 4.68 Å². The Hall–Kier alpha value is -2.97. The second-order valence-electron chi connectivity index (χ2n) is 5.82. The lowest BCUT2D eigenvalue weighted by Gasteiger charge is -2.03. The van der Waals surface area contributed by atoms with Crippen LogP contribution in [0.15, 0.2) is 58.2 Å². The van der Waals surface area contributed by atoms with Crippen LogP contribution in [0.3, 0.4) is 0 Å². The number of nitrogens with zero attached hydrogens (tertiary/aromatic N) is 5. The molecule has 0 saturated heterocycles. The van der Waals surface area contributed by atoms with Crippen LogP contribution in [0.1, 0.15) is 16.8 Å². The Morgan fingerprint density at radius 2 is 2.07 bits per heavy atom. The van der Waals surface area contributed by atoms with E-state index in [9.17, 15) is 0 Å². The molecule has 27 heavy (non-hydrogen) atoms. The summed E-state index contributed by atoms with van der Waals surface area (Å²) < 4.78 is 8.96. The molecule has 0 fully saturated rings. The van der Waals surface area contributed by atoms with E-state index in [0.29, 0.717) is 28.1 Å². The van der Waals surface area contributed by atoms with Crippen LogP contribution in [-0.4, -0.2) is 30.9 Å². The van der Waals surface area contributed by atoms with Gasteiger partial charge in [0.15, 0.2) is 5.76 Å². The van der Waals surface area contributed by atoms with E-state index in [1.54, 1.807) is 29.3 Å². The van der Waals surface area contributed by atoms with Crippen molar-refractivity contribution in [2.45, 2.75) is 13.5 Å². The van der Waals surface area contributed by atoms with Gasteiger partial charge in [0, 0.05) is 0 Å². The zero-order valence-corrected chi connectivity index (χ0v) is 15.9. The molecule has 0 spiro atoms. The van der Waals surface area contributed by atoms with Crippen LogP contribution < -0.4 is 0 Å². The van der Waals surface area contributed by atoms with E-state index in [-0.39, 0.29) is 0 Å². The van der Waals surface area contributed by atoms with Crippen molar-refractivity contribution >= 4 is 30.0 Å². The fourth-order valence-electron chi connectivity index (χ4n) is 2.65. The summed E-state index contributed by atoms with van der Waals surface area (Å²) in [6.07, 6.45) is 3.19. The Bertz CT molecular complexity index is 1140. The van der Waals surface area contributed by atoms with Crippen molar-refractivity contribution in [2.24, 2.45) is 5.10 Å². The van der Waals surface area contributed by atoms with Gasteiger partial charge in [0.25, 0.3) is 0 Å². The van der Waals surface area contributed by atoms with Gasteiger partial charge in [0.2, 0.25) is 10.6 Å². The fraction of sp³-hybridized carbons (Fsp3) is 0.111. The Morgan fingerprint density at radius 3 is 2.81 bits per heavy atom. The molecule has 0 aliphatic carbocycles. The third-order valence-electron chi connectivity index (χ3n) is 3.98. The van der Waals surface area contributed by atoms with Gasteiger partial charge in [-0.3, -0.25) is 0 Å². The van der Waals surface area contributed by atoms with Crippen LogP contribution >= 0.6 is 23.8 Å². The molecule has 9 heteroatoms. The lowest BCUT2D eigenvalue weighted by molar-refractivity contribution is 0.573. The summed E-state index contributed by atoms with van der Waals surface area (Å²) in [5.41, 5.74) is 2.61. The van der Waals surface area contributed by atoms with Crippen molar-refractivity contribution in [1.29, 1.82) is 0 Å². The molecule has 0 aliphatic heterocycles. The predicted molar refractivity (Wildman–Crippen MR) is 106 cm³/mol. The maximum atomic E-state index is 6.53. The summed E-state index contributed by atoms with van der Waals surface area (Å²) in [6, 6.07) is 13.6. The van der Waals surface area contributed by atoms with E-state index < -0.39 is 0 Å². The molecule has 4 rings (SSSR count). The number of aryl methyl sites for hydroxylation is 1. The minimum atomic E-state index is 0.350. The molecule has 0 saturated carbocycles. The van der Waals surface area contributed by atoms with Gasteiger partial charge in [-0.25, -0.2) is 9.78 Å². The first-order chi connectivity index (χ1) is 13.1. The van der Waals surface area contributed by atoms with Crippen molar-refractivity contribution in [2.75, 3.05) is 0 Å². The number of furan rings is 1. The highest BCUT2D eigenvalue weighted by Crippen LogP contribution is 2.21. The quantitative estimate of drug-likeness (QED) is 0.402. The molecule has 3 aromatic heterocycles. The van der Waals surface area contributed by atoms with E-state index in [1.807, 2.05) is 37.3 Å². The van der Waals surface area contributed by atoms with Crippen molar-refractivity contribution in [1.82, 2.24) is 24.7 Å². The molecule has 3 heterocycles. The highest BCUT2D eigenvalue weighted by Gasteiger charge is 2.14. The van der Waals surface area contributed by atoms with Crippen molar-refractivity contribution in [3.05, 3.63) is 75.5 Å². The maximum Gasteiger partial charge on any atom is 0.219 e. The first kappa shape index (κ1) is 17.4. The molecule has 0 atom stereocenters. The van der Waals surface area contributed by atoms with Gasteiger partial charge in [-0.15, -0.1) is 5.10 Å². The van der Waals surface area contributed by atoms with Crippen molar-refractivity contribution in [3.63, 3.8) is 0 Å². The molecule has 1 aromatic carbocycles. The first-order valence-electron chi connectivity index (χ1n) is 8.16. The molecule has 0 amide bonds. The summed E-state index contributed by atoms with van der Waals surface area (Å²) in [5.74, 6) is 1.04. The third-order valence-corrected chi connectivity index (χ3v) is 4.64. The number of rotatable bonds is 5. The van der Waals surface area contributed by atoms with Crippen molar-refractivity contribution < 1.29 is 4.42 Å². The SMILES string of the molecule is Cc1nn(Cc2ccccc2)c(Cl)c1/C=N\n1c(-c2ccco2)n[nH]c1=S. The highest BCUT2D eigenvalue weighted by atomic mass is 35.5. The number of benzene rings is 1. The maximum absolute atomic E-state index is 6.53. The average molecular weight is 399 g/mol. The summed E-state index contributed by atoms with van der Waals surface area (Å²) in [4.78, 5) is 0. The van der Waals surface area contributed by atoms with Gasteiger partial charge in [0.05, 0.1) is 30.3 Å². The lowest BCUT2D eigenvalue weighted by atomic mass is 10.2. The topological polar surface area (TPSA) is 76.9 Å². The Kier molecular flexibility index (Phi) is 4.74. The standard InChI is InChI=1S/C18H15ClN6OS/c1-12-14(16(19)24(23-12)11-13-6-3-2-4-7-13)10-20-25-17(21-22-18(25)27)15-8-5-9-26-15/h2-10H,11H2,1H3,(H,22,27)/b20-10-. The monoisotopic (exact) mass is 398 g/mol. The van der Waals surface area contributed by atoms with Crippen LogP contribution in [0.5, 0.6) is 0 Å². The first-order valence-corrected chi connectivity index (χ1v) is 8.94. The Balaban J connectivity index is 1.66. The Labute approximate surface area is 164 Å². The van der Waals surface area contributed by atoms with Crippen LogP contribution in [0.4, 0.5) is 0 Å². The second kappa shape index (κ2) is 7.34. The lowest BCUT2D eigenvalue weighted by Crippen LogP contribution is -2.02. The van der Waals surface area contributed by atoms with Gasteiger partial charge in [-0.05, 0) is 36.8 Å². The second-order valence-corrected chi connectivity index (χ2v) is 6.56. The van der Waals surface area contributed by atoms with E-state index in [4.69, 9.17) is 28.2 Å². The number of nitrogens with one attached hydrogen (secondary N) is 1. The molecular formula is C18H15ClN6OS. The van der Waals surface area contributed by atoms with E-state index in [2.05, 4.69) is 20.4 Å². The number of H-pyrrole nitrogens is 1. The molecular weight excluding hydrogens is 384 g/mol. The molecule has 0 unspecified atom stereocenters. The van der Waals surface area contributed by atoms with Crippen LogP contribution in [0.2, 0.25) is 5.15 Å². The number of hydrogen-bond acceptors (Lipinski definition) is 5. The number of halogens is 1. The predicted octanol–water partition coefficient (Wildman–Crippen LogP) is 4.29. The van der Waals surface area contributed by atoms with Gasteiger partial charge in [-0.2, -0.15) is 14.9 Å². The third kappa shape index (κ3) is 3.49. The summed E-state index contributed by atoms with van der Waals surface area (Å²) in [5, 5.41) is 16.3. The van der Waals surface area contributed by atoms with Crippen LogP contribution in [0, 0.1) is 11.7 Å². The van der Waals surface area contributed by atoms with Crippen LogP contribution in [0.25, 0.3) is 11.6 Å². The summed E-state index contributed by atoms with van der Waals surface area (Å²) >= 11 is 11.8. The fourth-order valence-corrected chi connectivity index (χ4v) is 3.12.